The van der Waals surface area contributed by atoms with E-state index in [2.05, 4.69) is 10.2 Å². The lowest BCUT2D eigenvalue weighted by Gasteiger charge is -2.13. The van der Waals surface area contributed by atoms with Crippen LogP contribution >= 0.6 is 0 Å². The number of carbonyl (C=O) groups is 1. The van der Waals surface area contributed by atoms with Gasteiger partial charge in [0, 0.05) is 12.6 Å². The molecule has 1 amide bonds. The molecule has 0 radical (unpaired) electrons. The summed E-state index contributed by atoms with van der Waals surface area (Å²) in [4.78, 5) is 13.9. The highest BCUT2D eigenvalue weighted by Crippen LogP contribution is 2.20. The Labute approximate surface area is 99.0 Å². The van der Waals surface area contributed by atoms with Crippen LogP contribution in [0, 0.1) is 5.82 Å². The molecule has 0 aliphatic carbocycles. The van der Waals surface area contributed by atoms with E-state index in [1.807, 2.05) is 7.05 Å². The molecule has 1 heterocycles. The predicted octanol–water partition coefficient (Wildman–Crippen LogP) is 0.965. The number of likely N-dealkylation sites (tertiary alicyclic amines) is 1. The molecule has 0 aromatic heterocycles. The molecule has 1 aromatic rings. The minimum Gasteiger partial charge on any atom is -0.507 e. The van der Waals surface area contributed by atoms with Crippen LogP contribution in [0.5, 0.6) is 5.75 Å². The number of rotatable bonds is 2. The van der Waals surface area contributed by atoms with E-state index in [1.165, 1.54) is 12.1 Å². The van der Waals surface area contributed by atoms with Gasteiger partial charge in [0.2, 0.25) is 0 Å². The van der Waals surface area contributed by atoms with Gasteiger partial charge in [-0.15, -0.1) is 0 Å². The second-order valence-electron chi connectivity index (χ2n) is 4.36. The molecule has 1 saturated heterocycles. The molecule has 1 fully saturated rings. The predicted molar refractivity (Wildman–Crippen MR) is 61.4 cm³/mol. The number of nitrogens with zero attached hydrogens (tertiary/aromatic N) is 1. The number of amides is 1. The molecule has 1 aliphatic rings. The minimum atomic E-state index is -0.700. The molecule has 0 saturated carbocycles. The largest absolute Gasteiger partial charge is 0.507 e. The summed E-state index contributed by atoms with van der Waals surface area (Å²) in [5.41, 5.74) is -0.276. The maximum Gasteiger partial charge on any atom is 0.258 e. The van der Waals surface area contributed by atoms with Crippen molar-refractivity contribution >= 4 is 5.91 Å². The zero-order valence-corrected chi connectivity index (χ0v) is 9.61. The summed E-state index contributed by atoms with van der Waals surface area (Å²) in [6.45, 7) is 1.66. The molecule has 17 heavy (non-hydrogen) atoms. The number of phenolic OH excluding ortho intramolecular Hbond substituents is 1. The SMILES string of the molecule is CN1CCC(NC(=O)c2c(O)cccc2F)C1. The smallest absolute Gasteiger partial charge is 0.258 e. The van der Waals surface area contributed by atoms with E-state index in [4.69, 9.17) is 0 Å². The zero-order chi connectivity index (χ0) is 12.4. The number of halogens is 1. The lowest BCUT2D eigenvalue weighted by Crippen LogP contribution is -2.36. The fraction of sp³-hybridized carbons (Fsp3) is 0.417. The summed E-state index contributed by atoms with van der Waals surface area (Å²) in [6.07, 6.45) is 0.845. The Balaban J connectivity index is 2.10. The molecule has 1 unspecified atom stereocenters. The van der Waals surface area contributed by atoms with Crippen LogP contribution in [0.4, 0.5) is 4.39 Å². The van der Waals surface area contributed by atoms with Gasteiger partial charge in [-0.2, -0.15) is 0 Å². The van der Waals surface area contributed by atoms with Crippen LogP contribution in [0.1, 0.15) is 16.8 Å². The van der Waals surface area contributed by atoms with Crippen LogP contribution in [0.2, 0.25) is 0 Å². The summed E-state index contributed by atoms with van der Waals surface area (Å²) in [6, 6.07) is 3.85. The second-order valence-corrected chi connectivity index (χ2v) is 4.36. The van der Waals surface area contributed by atoms with Crippen molar-refractivity contribution in [3.8, 4) is 5.75 Å². The van der Waals surface area contributed by atoms with E-state index in [0.29, 0.717) is 0 Å². The van der Waals surface area contributed by atoms with Crippen molar-refractivity contribution in [1.29, 1.82) is 0 Å². The molecular weight excluding hydrogens is 223 g/mol. The first-order chi connectivity index (χ1) is 8.08. The highest BCUT2D eigenvalue weighted by atomic mass is 19.1. The first-order valence-corrected chi connectivity index (χ1v) is 5.55. The van der Waals surface area contributed by atoms with Crippen molar-refractivity contribution in [1.82, 2.24) is 10.2 Å². The number of aromatic hydroxyl groups is 1. The number of hydrogen-bond acceptors (Lipinski definition) is 3. The van der Waals surface area contributed by atoms with Gasteiger partial charge in [-0.25, -0.2) is 4.39 Å². The van der Waals surface area contributed by atoms with Crippen molar-refractivity contribution in [3.05, 3.63) is 29.6 Å². The lowest BCUT2D eigenvalue weighted by molar-refractivity contribution is 0.0931. The highest BCUT2D eigenvalue weighted by Gasteiger charge is 2.24. The monoisotopic (exact) mass is 238 g/mol. The van der Waals surface area contributed by atoms with Crippen molar-refractivity contribution in [2.24, 2.45) is 0 Å². The highest BCUT2D eigenvalue weighted by molar-refractivity contribution is 5.97. The third-order valence-electron chi connectivity index (χ3n) is 2.95. The number of likely N-dealkylation sites (N-methyl/N-ethyl adjacent to an activating group) is 1. The number of phenols is 1. The quantitative estimate of drug-likeness (QED) is 0.807. The summed E-state index contributed by atoms with van der Waals surface area (Å²) in [5, 5.41) is 12.2. The average molecular weight is 238 g/mol. The molecule has 5 heteroatoms. The zero-order valence-electron chi connectivity index (χ0n) is 9.61. The molecule has 1 aromatic carbocycles. The average Bonchev–Trinajstić information content (AvgIpc) is 2.63. The van der Waals surface area contributed by atoms with Crippen LogP contribution in [-0.2, 0) is 0 Å². The van der Waals surface area contributed by atoms with Crippen molar-refractivity contribution in [2.75, 3.05) is 20.1 Å². The van der Waals surface area contributed by atoms with Crippen LogP contribution in [0.25, 0.3) is 0 Å². The number of hydrogen-bond donors (Lipinski definition) is 2. The summed E-state index contributed by atoms with van der Waals surface area (Å²) in [7, 11) is 1.97. The van der Waals surface area contributed by atoms with E-state index in [-0.39, 0.29) is 17.4 Å². The summed E-state index contributed by atoms with van der Waals surface area (Å²) >= 11 is 0. The van der Waals surface area contributed by atoms with Gasteiger partial charge in [0.1, 0.15) is 17.1 Å². The van der Waals surface area contributed by atoms with Gasteiger partial charge in [0.15, 0.2) is 0 Å². The second kappa shape index (κ2) is 4.71. The first-order valence-electron chi connectivity index (χ1n) is 5.55. The maximum atomic E-state index is 13.4. The summed E-state index contributed by atoms with van der Waals surface area (Å²) < 4.78 is 13.4. The van der Waals surface area contributed by atoms with Gasteiger partial charge >= 0.3 is 0 Å². The van der Waals surface area contributed by atoms with Crippen LogP contribution in [0.3, 0.4) is 0 Å². The standard InChI is InChI=1S/C12H15FN2O2/c1-15-6-5-8(7-15)14-12(17)11-9(13)3-2-4-10(11)16/h2-4,8,16H,5-7H2,1H3,(H,14,17). The fourth-order valence-electron chi connectivity index (χ4n) is 2.05. The Hall–Kier alpha value is -1.62. The van der Waals surface area contributed by atoms with Crippen molar-refractivity contribution in [3.63, 3.8) is 0 Å². The van der Waals surface area contributed by atoms with E-state index in [9.17, 15) is 14.3 Å². The van der Waals surface area contributed by atoms with Crippen LogP contribution < -0.4 is 5.32 Å². The molecule has 0 bridgehead atoms. The number of carbonyl (C=O) groups excluding carboxylic acids is 1. The summed E-state index contributed by atoms with van der Waals surface area (Å²) in [5.74, 6) is -1.58. The Kier molecular flexibility index (Phi) is 3.28. The van der Waals surface area contributed by atoms with E-state index < -0.39 is 11.7 Å². The Morgan fingerprint density at radius 3 is 2.94 bits per heavy atom. The van der Waals surface area contributed by atoms with E-state index >= 15 is 0 Å². The third kappa shape index (κ3) is 2.55. The molecule has 2 N–H and O–H groups in total. The van der Waals surface area contributed by atoms with E-state index in [1.54, 1.807) is 0 Å². The molecule has 1 atom stereocenters. The molecule has 0 spiro atoms. The number of nitrogens with one attached hydrogen (secondary N) is 1. The van der Waals surface area contributed by atoms with Gasteiger partial charge in [-0.3, -0.25) is 4.79 Å². The van der Waals surface area contributed by atoms with Crippen LogP contribution in [-0.4, -0.2) is 42.1 Å². The topological polar surface area (TPSA) is 52.6 Å². The first kappa shape index (κ1) is 11.9. The molecular formula is C12H15FN2O2. The maximum absolute atomic E-state index is 13.4. The van der Waals surface area contributed by atoms with Crippen molar-refractivity contribution < 1.29 is 14.3 Å². The van der Waals surface area contributed by atoms with Gasteiger partial charge in [0.25, 0.3) is 5.91 Å². The normalized spacial score (nSPS) is 20.5. The Morgan fingerprint density at radius 1 is 1.59 bits per heavy atom. The van der Waals surface area contributed by atoms with Gasteiger partial charge in [-0.1, -0.05) is 6.07 Å². The number of benzene rings is 1. The Bertz CT molecular complexity index is 416. The third-order valence-corrected chi connectivity index (χ3v) is 2.95. The Morgan fingerprint density at radius 2 is 2.35 bits per heavy atom. The van der Waals surface area contributed by atoms with Gasteiger partial charge in [-0.05, 0) is 32.1 Å². The lowest BCUT2D eigenvalue weighted by atomic mass is 10.1. The molecule has 4 nitrogen and oxygen atoms in total. The fourth-order valence-corrected chi connectivity index (χ4v) is 2.05. The van der Waals surface area contributed by atoms with Crippen LogP contribution in [0.15, 0.2) is 18.2 Å². The molecule has 1 aliphatic heterocycles. The van der Waals surface area contributed by atoms with E-state index in [0.717, 1.165) is 25.6 Å². The molecule has 92 valence electrons. The molecule has 2 rings (SSSR count). The minimum absolute atomic E-state index is 0.0199. The van der Waals surface area contributed by atoms with Gasteiger partial charge < -0.3 is 15.3 Å². The van der Waals surface area contributed by atoms with Gasteiger partial charge in [0.05, 0.1) is 0 Å². The van der Waals surface area contributed by atoms with Crippen molar-refractivity contribution in [2.45, 2.75) is 12.5 Å².